The molecular weight excluding hydrogens is 409 g/mol. The Bertz CT molecular complexity index is 1140. The summed E-state index contributed by atoms with van der Waals surface area (Å²) in [6.07, 6.45) is 0.481. The number of rotatable bonds is 3. The fourth-order valence-electron chi connectivity index (χ4n) is 3.67. The van der Waals surface area contributed by atoms with E-state index in [0.29, 0.717) is 53.9 Å². The lowest BCUT2D eigenvalue weighted by Gasteiger charge is -2.27. The van der Waals surface area contributed by atoms with E-state index in [-0.39, 0.29) is 5.91 Å². The largest absolute Gasteiger partial charge is 0.378 e. The molecule has 2 aromatic carbocycles. The number of aromatic nitrogens is 1. The number of carbonyl (C=O) groups is 1. The van der Waals surface area contributed by atoms with Crippen molar-refractivity contribution < 1.29 is 9.53 Å². The van der Waals surface area contributed by atoms with Crippen molar-refractivity contribution in [2.24, 2.45) is 7.05 Å². The number of halogens is 2. The number of hydrogen-bond donors (Lipinski definition) is 0. The maximum atomic E-state index is 12.9. The van der Waals surface area contributed by atoms with Gasteiger partial charge in [-0.3, -0.25) is 4.79 Å². The van der Waals surface area contributed by atoms with E-state index in [1.165, 1.54) is 0 Å². The molecule has 5 nitrogen and oxygen atoms in total. The number of benzene rings is 2. The van der Waals surface area contributed by atoms with Gasteiger partial charge in [0.05, 0.1) is 35.4 Å². The molecular formula is C22H19Cl2N3O2. The molecule has 1 saturated heterocycles. The van der Waals surface area contributed by atoms with Gasteiger partial charge in [0.25, 0.3) is 5.91 Å². The minimum atomic E-state index is -0.105. The Morgan fingerprint density at radius 1 is 1.17 bits per heavy atom. The van der Waals surface area contributed by atoms with E-state index >= 15 is 0 Å². The summed E-state index contributed by atoms with van der Waals surface area (Å²) in [4.78, 5) is 14.7. The van der Waals surface area contributed by atoms with Gasteiger partial charge in [-0.2, -0.15) is 5.26 Å². The molecule has 0 saturated carbocycles. The molecule has 1 amide bonds. The van der Waals surface area contributed by atoms with E-state index in [4.69, 9.17) is 33.2 Å². The zero-order valence-electron chi connectivity index (χ0n) is 15.9. The Kier molecular flexibility index (Phi) is 5.51. The molecule has 1 aromatic heterocycles. The third-order valence-electron chi connectivity index (χ3n) is 5.35. The Balaban J connectivity index is 1.70. The third kappa shape index (κ3) is 3.72. The van der Waals surface area contributed by atoms with Crippen molar-refractivity contribution in [1.82, 2.24) is 9.47 Å². The smallest absolute Gasteiger partial charge is 0.255 e. The SMILES string of the molecule is Cn1c(Cc2c(Cl)ccc(C(=O)N3CCOCC3)c2Cl)cc2ccc(C#N)cc21. The van der Waals surface area contributed by atoms with Crippen molar-refractivity contribution in [2.75, 3.05) is 26.3 Å². The van der Waals surface area contributed by atoms with Crippen molar-refractivity contribution in [1.29, 1.82) is 5.26 Å². The normalized spacial score (nSPS) is 14.2. The zero-order valence-corrected chi connectivity index (χ0v) is 17.4. The summed E-state index contributed by atoms with van der Waals surface area (Å²) in [5.74, 6) is -0.105. The minimum Gasteiger partial charge on any atom is -0.378 e. The van der Waals surface area contributed by atoms with Crippen LogP contribution in [-0.2, 0) is 18.2 Å². The third-order valence-corrected chi connectivity index (χ3v) is 6.13. The highest BCUT2D eigenvalue weighted by Crippen LogP contribution is 2.32. The molecule has 0 bridgehead atoms. The van der Waals surface area contributed by atoms with Gasteiger partial charge in [-0.25, -0.2) is 0 Å². The number of morpholine rings is 1. The van der Waals surface area contributed by atoms with Gasteiger partial charge in [-0.15, -0.1) is 0 Å². The second kappa shape index (κ2) is 8.08. The van der Waals surface area contributed by atoms with Gasteiger partial charge in [0.1, 0.15) is 0 Å². The predicted octanol–water partition coefficient (Wildman–Crippen LogP) is 4.42. The standard InChI is InChI=1S/C22H19Cl2N3O2/c1-26-16(11-15-3-2-14(13-25)10-20(15)26)12-18-19(23)5-4-17(21(18)24)22(28)27-6-8-29-9-7-27/h2-5,10-11H,6-9,12H2,1H3. The Hall–Kier alpha value is -2.52. The first-order valence-corrected chi connectivity index (χ1v) is 10.1. The maximum absolute atomic E-state index is 12.9. The van der Waals surface area contributed by atoms with Crippen molar-refractivity contribution in [2.45, 2.75) is 6.42 Å². The summed E-state index contributed by atoms with van der Waals surface area (Å²) in [7, 11) is 1.95. The van der Waals surface area contributed by atoms with Crippen molar-refractivity contribution in [3.05, 3.63) is 68.8 Å². The van der Waals surface area contributed by atoms with Crippen LogP contribution in [0.3, 0.4) is 0 Å². The molecule has 29 heavy (non-hydrogen) atoms. The van der Waals surface area contributed by atoms with Gasteiger partial charge in [-0.1, -0.05) is 29.3 Å². The van der Waals surface area contributed by atoms with Gasteiger partial charge in [0.2, 0.25) is 0 Å². The van der Waals surface area contributed by atoms with Crippen LogP contribution in [0.2, 0.25) is 10.0 Å². The fourth-order valence-corrected chi connectivity index (χ4v) is 4.25. The molecule has 3 aromatic rings. The van der Waals surface area contributed by atoms with Gasteiger partial charge < -0.3 is 14.2 Å². The second-order valence-corrected chi connectivity index (χ2v) is 7.83. The Morgan fingerprint density at radius 2 is 1.93 bits per heavy atom. The summed E-state index contributed by atoms with van der Waals surface area (Å²) < 4.78 is 7.35. The van der Waals surface area contributed by atoms with Crippen LogP contribution in [0.5, 0.6) is 0 Å². The number of ether oxygens (including phenoxy) is 1. The van der Waals surface area contributed by atoms with Crippen molar-refractivity contribution in [3.8, 4) is 6.07 Å². The Labute approximate surface area is 179 Å². The van der Waals surface area contributed by atoms with Gasteiger partial charge >= 0.3 is 0 Å². The molecule has 0 radical (unpaired) electrons. The average molecular weight is 428 g/mol. The molecule has 148 valence electrons. The molecule has 0 spiro atoms. The summed E-state index contributed by atoms with van der Waals surface area (Å²) in [6.45, 7) is 2.17. The lowest BCUT2D eigenvalue weighted by Crippen LogP contribution is -2.40. The predicted molar refractivity (Wildman–Crippen MR) is 114 cm³/mol. The first-order chi connectivity index (χ1) is 14.0. The molecule has 0 aliphatic carbocycles. The number of fused-ring (bicyclic) bond motifs is 1. The molecule has 2 heterocycles. The number of nitriles is 1. The highest BCUT2D eigenvalue weighted by molar-refractivity contribution is 6.38. The van der Waals surface area contributed by atoms with Crippen molar-refractivity contribution in [3.63, 3.8) is 0 Å². The molecule has 1 fully saturated rings. The fraction of sp³-hybridized carbons (Fsp3) is 0.273. The molecule has 0 unspecified atom stereocenters. The second-order valence-electron chi connectivity index (χ2n) is 7.05. The quantitative estimate of drug-likeness (QED) is 0.621. The van der Waals surface area contributed by atoms with Gasteiger partial charge in [-0.05, 0) is 41.3 Å². The summed E-state index contributed by atoms with van der Waals surface area (Å²) in [5, 5.41) is 11.1. The average Bonchev–Trinajstić information content (AvgIpc) is 3.06. The van der Waals surface area contributed by atoms with Crippen LogP contribution in [0.25, 0.3) is 10.9 Å². The van der Waals surface area contributed by atoms with Gasteiger partial charge in [0.15, 0.2) is 0 Å². The van der Waals surface area contributed by atoms with Crippen LogP contribution in [0.15, 0.2) is 36.4 Å². The first kappa shape index (κ1) is 19.8. The van der Waals surface area contributed by atoms with E-state index in [1.54, 1.807) is 23.1 Å². The molecule has 7 heteroatoms. The van der Waals surface area contributed by atoms with Crippen LogP contribution in [0.4, 0.5) is 0 Å². The van der Waals surface area contributed by atoms with E-state index in [0.717, 1.165) is 22.2 Å². The summed E-state index contributed by atoms with van der Waals surface area (Å²) >= 11 is 13.1. The maximum Gasteiger partial charge on any atom is 0.255 e. The van der Waals surface area contributed by atoms with E-state index in [2.05, 4.69) is 12.1 Å². The van der Waals surface area contributed by atoms with Crippen LogP contribution in [0, 0.1) is 11.3 Å². The zero-order chi connectivity index (χ0) is 20.5. The topological polar surface area (TPSA) is 58.3 Å². The first-order valence-electron chi connectivity index (χ1n) is 9.32. The molecule has 1 aliphatic rings. The number of amides is 1. The molecule has 1 aliphatic heterocycles. The minimum absolute atomic E-state index is 0.105. The van der Waals surface area contributed by atoms with E-state index in [1.807, 2.05) is 23.7 Å². The van der Waals surface area contributed by atoms with Crippen LogP contribution in [0.1, 0.15) is 27.2 Å². The lowest BCUT2D eigenvalue weighted by molar-refractivity contribution is 0.0303. The lowest BCUT2D eigenvalue weighted by atomic mass is 10.0. The number of carbonyl (C=O) groups excluding carboxylic acids is 1. The summed E-state index contributed by atoms with van der Waals surface area (Å²) in [5.41, 5.74) is 3.75. The number of hydrogen-bond acceptors (Lipinski definition) is 3. The van der Waals surface area contributed by atoms with Gasteiger partial charge in [0, 0.05) is 42.8 Å². The number of nitrogens with zero attached hydrogens (tertiary/aromatic N) is 3. The number of aryl methyl sites for hydroxylation is 1. The van der Waals surface area contributed by atoms with Crippen LogP contribution >= 0.6 is 23.2 Å². The van der Waals surface area contributed by atoms with Crippen LogP contribution < -0.4 is 0 Å². The highest BCUT2D eigenvalue weighted by atomic mass is 35.5. The summed E-state index contributed by atoms with van der Waals surface area (Å²) in [6, 6.07) is 13.2. The van der Waals surface area contributed by atoms with Crippen LogP contribution in [-0.4, -0.2) is 41.7 Å². The van der Waals surface area contributed by atoms with E-state index in [9.17, 15) is 4.79 Å². The molecule has 0 N–H and O–H groups in total. The molecule has 4 rings (SSSR count). The molecule has 0 atom stereocenters. The Morgan fingerprint density at radius 3 is 2.66 bits per heavy atom. The highest BCUT2D eigenvalue weighted by Gasteiger charge is 2.23. The monoisotopic (exact) mass is 427 g/mol. The van der Waals surface area contributed by atoms with E-state index < -0.39 is 0 Å². The van der Waals surface area contributed by atoms with Crippen molar-refractivity contribution >= 4 is 40.0 Å².